The van der Waals surface area contributed by atoms with Gasteiger partial charge in [-0.1, -0.05) is 24.3 Å². The number of hydrogen-bond acceptors (Lipinski definition) is 5. The Labute approximate surface area is 157 Å². The minimum Gasteiger partial charge on any atom is -0.369 e. The molecule has 0 aliphatic carbocycles. The van der Waals surface area contributed by atoms with Crippen LogP contribution in [-0.4, -0.2) is 24.7 Å². The van der Waals surface area contributed by atoms with Gasteiger partial charge in [-0.05, 0) is 24.3 Å². The van der Waals surface area contributed by atoms with E-state index in [0.717, 1.165) is 6.07 Å². The number of rotatable bonds is 4. The van der Waals surface area contributed by atoms with E-state index in [9.17, 15) is 18.3 Å². The zero-order valence-electron chi connectivity index (χ0n) is 14.3. The molecule has 9 heteroatoms. The second-order valence-electron chi connectivity index (χ2n) is 5.99. The normalized spacial score (nSPS) is 12.9. The Morgan fingerprint density at radius 1 is 1.04 bits per heavy atom. The summed E-state index contributed by atoms with van der Waals surface area (Å²) in [6, 6.07) is 11.8. The molecule has 0 aliphatic rings. The lowest BCUT2D eigenvalue weighted by Gasteiger charge is -2.14. The predicted molar refractivity (Wildman–Crippen MR) is 96.2 cm³/mol. The number of pyridine rings is 1. The number of anilines is 1. The van der Waals surface area contributed by atoms with Crippen LogP contribution in [0.15, 0.2) is 67.1 Å². The molecule has 0 bridgehead atoms. The second-order valence-corrected chi connectivity index (χ2v) is 5.99. The third-order valence-corrected chi connectivity index (χ3v) is 4.15. The van der Waals surface area contributed by atoms with E-state index in [0.29, 0.717) is 11.4 Å². The molecule has 0 spiro atoms. The van der Waals surface area contributed by atoms with Crippen LogP contribution in [0.1, 0.15) is 17.4 Å². The fourth-order valence-electron chi connectivity index (χ4n) is 2.85. The van der Waals surface area contributed by atoms with E-state index in [1.165, 1.54) is 41.2 Å². The first kappa shape index (κ1) is 17.9. The van der Waals surface area contributed by atoms with Gasteiger partial charge in [-0.3, -0.25) is 0 Å². The van der Waals surface area contributed by atoms with E-state index in [1.54, 1.807) is 24.4 Å². The van der Waals surface area contributed by atoms with Gasteiger partial charge in [0.1, 0.15) is 5.82 Å². The maximum absolute atomic E-state index is 13.3. The first-order chi connectivity index (χ1) is 13.4. The zero-order valence-corrected chi connectivity index (χ0v) is 14.3. The van der Waals surface area contributed by atoms with Crippen LogP contribution in [0.5, 0.6) is 0 Å². The minimum absolute atomic E-state index is 0.0446. The van der Waals surface area contributed by atoms with Crippen molar-refractivity contribution in [2.75, 3.05) is 5.32 Å². The van der Waals surface area contributed by atoms with Gasteiger partial charge in [0.2, 0.25) is 0 Å². The number of alkyl halides is 3. The van der Waals surface area contributed by atoms with Crippen LogP contribution in [0.2, 0.25) is 0 Å². The average molecular weight is 385 g/mol. The van der Waals surface area contributed by atoms with Crippen molar-refractivity contribution in [1.29, 1.82) is 0 Å². The maximum Gasteiger partial charge on any atom is 0.417 e. The van der Waals surface area contributed by atoms with Crippen LogP contribution in [0, 0.1) is 0 Å². The zero-order chi connectivity index (χ0) is 19.7. The molecule has 0 amide bonds. The lowest BCUT2D eigenvalue weighted by atomic mass is 10.0. The SMILES string of the molecule is OC(Nc1ccccn1)c1cnn2ccc(-c3ccccc3C(F)(F)F)nc12. The Kier molecular flexibility index (Phi) is 4.44. The minimum atomic E-state index is -4.51. The number of benzene rings is 1. The molecule has 3 aromatic heterocycles. The van der Waals surface area contributed by atoms with Gasteiger partial charge in [0.15, 0.2) is 11.9 Å². The van der Waals surface area contributed by atoms with Crippen molar-refractivity contribution in [2.24, 2.45) is 0 Å². The van der Waals surface area contributed by atoms with Crippen LogP contribution >= 0.6 is 0 Å². The second kappa shape index (κ2) is 6.93. The molecule has 0 fully saturated rings. The van der Waals surface area contributed by atoms with Crippen LogP contribution < -0.4 is 5.32 Å². The molecular formula is C19H14F3N5O. The van der Waals surface area contributed by atoms with Crippen molar-refractivity contribution in [1.82, 2.24) is 19.6 Å². The highest BCUT2D eigenvalue weighted by Gasteiger charge is 2.33. The van der Waals surface area contributed by atoms with E-state index >= 15 is 0 Å². The van der Waals surface area contributed by atoms with Gasteiger partial charge >= 0.3 is 6.18 Å². The number of aliphatic hydroxyl groups is 1. The Morgan fingerprint density at radius 3 is 2.57 bits per heavy atom. The molecule has 3 heterocycles. The van der Waals surface area contributed by atoms with Gasteiger partial charge in [0, 0.05) is 18.0 Å². The van der Waals surface area contributed by atoms with Crippen molar-refractivity contribution < 1.29 is 18.3 Å². The summed E-state index contributed by atoms with van der Waals surface area (Å²) in [6.45, 7) is 0. The summed E-state index contributed by atoms with van der Waals surface area (Å²) in [4.78, 5) is 8.39. The Morgan fingerprint density at radius 2 is 1.82 bits per heavy atom. The van der Waals surface area contributed by atoms with Crippen molar-refractivity contribution in [3.8, 4) is 11.3 Å². The third kappa shape index (κ3) is 3.39. The molecule has 1 unspecified atom stereocenters. The van der Waals surface area contributed by atoms with Gasteiger partial charge < -0.3 is 10.4 Å². The third-order valence-electron chi connectivity index (χ3n) is 4.15. The van der Waals surface area contributed by atoms with Crippen molar-refractivity contribution >= 4 is 11.5 Å². The summed E-state index contributed by atoms with van der Waals surface area (Å²) in [6.07, 6.45) is -1.22. The quantitative estimate of drug-likeness (QED) is 0.521. The van der Waals surface area contributed by atoms with E-state index < -0.39 is 18.0 Å². The van der Waals surface area contributed by atoms with Gasteiger partial charge in [-0.25, -0.2) is 14.5 Å². The first-order valence-corrected chi connectivity index (χ1v) is 8.30. The number of hydrogen-bond donors (Lipinski definition) is 2. The number of aromatic nitrogens is 4. The topological polar surface area (TPSA) is 75.3 Å². The summed E-state index contributed by atoms with van der Waals surface area (Å²) >= 11 is 0. The van der Waals surface area contributed by atoms with Gasteiger partial charge in [-0.2, -0.15) is 18.3 Å². The van der Waals surface area contributed by atoms with Crippen LogP contribution in [0.4, 0.5) is 19.0 Å². The van der Waals surface area contributed by atoms with Gasteiger partial charge in [0.05, 0.1) is 23.0 Å². The molecule has 0 saturated heterocycles. The molecule has 4 rings (SSSR count). The van der Waals surface area contributed by atoms with Crippen LogP contribution in [-0.2, 0) is 6.18 Å². The van der Waals surface area contributed by atoms with Crippen molar-refractivity contribution in [2.45, 2.75) is 12.4 Å². The van der Waals surface area contributed by atoms with Gasteiger partial charge in [-0.15, -0.1) is 0 Å². The summed E-state index contributed by atoms with van der Waals surface area (Å²) in [5.41, 5.74) is -0.133. The first-order valence-electron chi connectivity index (χ1n) is 8.30. The fraction of sp³-hybridized carbons (Fsp3) is 0.105. The summed E-state index contributed by atoms with van der Waals surface area (Å²) in [5.74, 6) is 0.438. The number of nitrogens with one attached hydrogen (secondary N) is 1. The number of fused-ring (bicyclic) bond motifs is 1. The average Bonchev–Trinajstić information content (AvgIpc) is 3.11. The van der Waals surface area contributed by atoms with E-state index in [2.05, 4.69) is 20.4 Å². The largest absolute Gasteiger partial charge is 0.417 e. The summed E-state index contributed by atoms with van der Waals surface area (Å²) in [7, 11) is 0. The molecule has 1 aromatic carbocycles. The highest BCUT2D eigenvalue weighted by molar-refractivity contribution is 5.67. The Balaban J connectivity index is 1.75. The Hall–Kier alpha value is -3.46. The molecule has 0 aliphatic heterocycles. The molecule has 6 nitrogen and oxygen atoms in total. The molecule has 2 N–H and O–H groups in total. The molecular weight excluding hydrogens is 371 g/mol. The predicted octanol–water partition coefficient (Wildman–Crippen LogP) is 3.91. The molecule has 28 heavy (non-hydrogen) atoms. The number of halogens is 3. The highest BCUT2D eigenvalue weighted by atomic mass is 19.4. The van der Waals surface area contributed by atoms with Gasteiger partial charge in [0.25, 0.3) is 0 Å². The fourth-order valence-corrected chi connectivity index (χ4v) is 2.85. The summed E-state index contributed by atoms with van der Waals surface area (Å²) in [5, 5.41) is 17.4. The van der Waals surface area contributed by atoms with Crippen LogP contribution in [0.3, 0.4) is 0 Å². The molecule has 4 aromatic rings. The standard InChI is InChI=1S/C19H14F3N5O/c20-19(21,22)14-6-2-1-5-12(14)15-8-10-27-17(25-15)13(11-24-27)18(28)26-16-7-3-4-9-23-16/h1-11,18,28H,(H,23,26). The highest BCUT2D eigenvalue weighted by Crippen LogP contribution is 2.36. The monoisotopic (exact) mass is 385 g/mol. The van der Waals surface area contributed by atoms with Crippen molar-refractivity contribution in [3.05, 3.63) is 78.2 Å². The number of nitrogens with zero attached hydrogens (tertiary/aromatic N) is 4. The van der Waals surface area contributed by atoms with E-state index in [-0.39, 0.29) is 16.9 Å². The summed E-state index contributed by atoms with van der Waals surface area (Å²) < 4.78 is 41.4. The molecule has 142 valence electrons. The maximum atomic E-state index is 13.3. The Bertz CT molecular complexity index is 1110. The lowest BCUT2D eigenvalue weighted by molar-refractivity contribution is -0.137. The smallest absolute Gasteiger partial charge is 0.369 e. The lowest BCUT2D eigenvalue weighted by Crippen LogP contribution is -2.11. The van der Waals surface area contributed by atoms with Crippen LogP contribution in [0.25, 0.3) is 16.9 Å². The number of aliphatic hydroxyl groups excluding tert-OH is 1. The molecule has 0 saturated carbocycles. The molecule has 1 atom stereocenters. The van der Waals surface area contributed by atoms with E-state index in [4.69, 9.17) is 0 Å². The molecule has 0 radical (unpaired) electrons. The van der Waals surface area contributed by atoms with Crippen molar-refractivity contribution in [3.63, 3.8) is 0 Å². The van der Waals surface area contributed by atoms with E-state index in [1.807, 2.05) is 0 Å².